The van der Waals surface area contributed by atoms with Crippen LogP contribution < -0.4 is 11.1 Å². The molecule has 1 unspecified atom stereocenters. The summed E-state index contributed by atoms with van der Waals surface area (Å²) in [5.74, 6) is 2.17. The molecule has 2 bridgehead atoms. The lowest BCUT2D eigenvalue weighted by Crippen LogP contribution is -2.60. The van der Waals surface area contributed by atoms with E-state index >= 15 is 0 Å². The Morgan fingerprint density at radius 3 is 2.68 bits per heavy atom. The molecule has 3 saturated carbocycles. The molecule has 126 valence electrons. The predicted molar refractivity (Wildman–Crippen MR) is 83.9 cm³/mol. The van der Waals surface area contributed by atoms with Crippen molar-refractivity contribution in [1.82, 2.24) is 10.2 Å². The fourth-order valence-electron chi connectivity index (χ4n) is 4.77. The number of hydrogen-bond acceptors (Lipinski definition) is 2. The molecule has 3 aliphatic carbocycles. The number of nitrogens with two attached hydrogens (primary N) is 1. The molecule has 4 nitrogen and oxygen atoms in total. The van der Waals surface area contributed by atoms with Crippen LogP contribution >= 0.6 is 0 Å². The summed E-state index contributed by atoms with van der Waals surface area (Å²) < 4.78 is 26.3. The van der Waals surface area contributed by atoms with E-state index in [4.69, 9.17) is 5.73 Å². The van der Waals surface area contributed by atoms with Gasteiger partial charge in [-0.05, 0) is 36.0 Å². The topological polar surface area (TPSA) is 53.6 Å². The van der Waals surface area contributed by atoms with Gasteiger partial charge in [0.1, 0.15) is 6.04 Å². The lowest BCUT2D eigenvalue weighted by molar-refractivity contribution is -0.108. The third kappa shape index (κ3) is 2.49. The molecule has 1 heterocycles. The van der Waals surface area contributed by atoms with Gasteiger partial charge in [0.05, 0.1) is 6.04 Å². The summed E-state index contributed by atoms with van der Waals surface area (Å²) >= 11 is 0. The quantitative estimate of drug-likeness (QED) is 0.605. The van der Waals surface area contributed by atoms with Crippen LogP contribution in [0.1, 0.15) is 33.6 Å². The second-order valence-corrected chi connectivity index (χ2v) is 7.81. The maximum atomic E-state index is 13.2. The predicted octanol–water partition coefficient (Wildman–Crippen LogP) is 1.91. The van der Waals surface area contributed by atoms with E-state index in [-0.39, 0.29) is 12.6 Å². The summed E-state index contributed by atoms with van der Waals surface area (Å²) in [6.07, 6.45) is -0.0813. The standard InChI is InChI=1S/C16H28F2N4/c1-9-11-6-10(16(11,2)3)7-12(9)21-15(19)22-5-4-20-8-13(22)14(17)18/h9-14,20H,4-8H2,1-3H3,(H2,19,21)/t9-,10+,11-,12-,13?/m0/s1. The number of hydrogen-bond donors (Lipinski definition) is 2. The first kappa shape index (κ1) is 16.0. The lowest BCUT2D eigenvalue weighted by Gasteiger charge is -2.61. The van der Waals surface area contributed by atoms with Crippen LogP contribution in [0.15, 0.2) is 4.99 Å². The molecule has 0 amide bonds. The Balaban J connectivity index is 1.72. The van der Waals surface area contributed by atoms with Crippen LogP contribution in [0.4, 0.5) is 8.78 Å². The molecule has 1 saturated heterocycles. The molecule has 6 heteroatoms. The van der Waals surface area contributed by atoms with E-state index in [0.29, 0.717) is 42.2 Å². The number of alkyl halides is 2. The van der Waals surface area contributed by atoms with E-state index in [0.717, 1.165) is 6.42 Å². The van der Waals surface area contributed by atoms with Crippen LogP contribution in [-0.4, -0.2) is 49.0 Å². The van der Waals surface area contributed by atoms with E-state index in [9.17, 15) is 8.78 Å². The van der Waals surface area contributed by atoms with Crippen molar-refractivity contribution in [1.29, 1.82) is 0 Å². The zero-order valence-electron chi connectivity index (χ0n) is 13.7. The molecule has 4 aliphatic rings. The number of nitrogens with zero attached hydrogens (tertiary/aromatic N) is 2. The monoisotopic (exact) mass is 314 g/mol. The maximum Gasteiger partial charge on any atom is 0.259 e. The SMILES string of the molecule is C[C@@H]1[C@@H](N=C(N)N2CCNCC2C(F)F)C[C@H]2C[C@@H]1C2(C)C. The van der Waals surface area contributed by atoms with Crippen molar-refractivity contribution in [3.63, 3.8) is 0 Å². The van der Waals surface area contributed by atoms with Crippen molar-refractivity contribution >= 4 is 5.96 Å². The number of fused-ring (bicyclic) bond motifs is 2. The highest BCUT2D eigenvalue weighted by Crippen LogP contribution is 2.61. The smallest absolute Gasteiger partial charge is 0.259 e. The third-order valence-electron chi connectivity index (χ3n) is 6.48. The summed E-state index contributed by atoms with van der Waals surface area (Å²) in [6.45, 7) is 8.38. The van der Waals surface area contributed by atoms with Gasteiger partial charge in [0, 0.05) is 19.6 Å². The Morgan fingerprint density at radius 1 is 1.36 bits per heavy atom. The summed E-state index contributed by atoms with van der Waals surface area (Å²) in [7, 11) is 0. The third-order valence-corrected chi connectivity index (χ3v) is 6.48. The number of rotatable bonds is 2. The van der Waals surface area contributed by atoms with Crippen LogP contribution in [0, 0.1) is 23.2 Å². The summed E-state index contributed by atoms with van der Waals surface area (Å²) in [5.41, 5.74) is 6.52. The van der Waals surface area contributed by atoms with Gasteiger partial charge in [0.2, 0.25) is 0 Å². The Bertz CT molecular complexity index is 451. The van der Waals surface area contributed by atoms with Crippen molar-refractivity contribution in [2.24, 2.45) is 33.9 Å². The molecule has 0 aromatic rings. The highest BCUT2D eigenvalue weighted by atomic mass is 19.3. The average molecular weight is 314 g/mol. The van der Waals surface area contributed by atoms with Crippen molar-refractivity contribution in [3.8, 4) is 0 Å². The van der Waals surface area contributed by atoms with Crippen molar-refractivity contribution in [2.45, 2.75) is 52.1 Å². The van der Waals surface area contributed by atoms with Crippen molar-refractivity contribution in [3.05, 3.63) is 0 Å². The zero-order valence-corrected chi connectivity index (χ0v) is 13.7. The van der Waals surface area contributed by atoms with Crippen molar-refractivity contribution in [2.75, 3.05) is 19.6 Å². The number of nitrogens with one attached hydrogen (secondary N) is 1. The second-order valence-electron chi connectivity index (χ2n) is 7.81. The Morgan fingerprint density at radius 2 is 2.09 bits per heavy atom. The van der Waals surface area contributed by atoms with Crippen molar-refractivity contribution < 1.29 is 8.78 Å². The molecular formula is C16H28F2N4. The number of piperazine rings is 1. The molecule has 3 N–H and O–H groups in total. The van der Waals surface area contributed by atoms with Crippen LogP contribution in [-0.2, 0) is 0 Å². The van der Waals surface area contributed by atoms with Gasteiger partial charge in [-0.15, -0.1) is 0 Å². The Kier molecular flexibility index (Phi) is 4.08. The highest BCUT2D eigenvalue weighted by Gasteiger charge is 2.56. The number of halogens is 2. The largest absolute Gasteiger partial charge is 0.370 e. The first-order chi connectivity index (χ1) is 10.3. The van der Waals surface area contributed by atoms with Crippen LogP contribution in [0.2, 0.25) is 0 Å². The second kappa shape index (κ2) is 5.62. The fourth-order valence-corrected chi connectivity index (χ4v) is 4.77. The Hall–Kier alpha value is -0.910. The average Bonchev–Trinajstić information content (AvgIpc) is 2.48. The van der Waals surface area contributed by atoms with E-state index in [2.05, 4.69) is 31.1 Å². The van der Waals surface area contributed by atoms with Gasteiger partial charge in [0.25, 0.3) is 6.43 Å². The molecule has 5 atom stereocenters. The normalized spacial score (nSPS) is 41.5. The molecule has 0 aromatic carbocycles. The van der Waals surface area contributed by atoms with Gasteiger partial charge < -0.3 is 16.0 Å². The molecule has 22 heavy (non-hydrogen) atoms. The summed E-state index contributed by atoms with van der Waals surface area (Å²) in [4.78, 5) is 6.28. The molecule has 4 fully saturated rings. The van der Waals surface area contributed by atoms with Crippen LogP contribution in [0.25, 0.3) is 0 Å². The molecule has 0 aromatic heterocycles. The van der Waals surface area contributed by atoms with Gasteiger partial charge >= 0.3 is 0 Å². The van der Waals surface area contributed by atoms with E-state index < -0.39 is 12.5 Å². The fraction of sp³-hybridized carbons (Fsp3) is 0.938. The van der Waals surface area contributed by atoms with Gasteiger partial charge in [-0.2, -0.15) is 0 Å². The van der Waals surface area contributed by atoms with Gasteiger partial charge in [0.15, 0.2) is 5.96 Å². The van der Waals surface area contributed by atoms with Gasteiger partial charge in [-0.25, -0.2) is 13.8 Å². The van der Waals surface area contributed by atoms with Gasteiger partial charge in [-0.3, -0.25) is 0 Å². The number of guanidine groups is 1. The van der Waals surface area contributed by atoms with Crippen LogP contribution in [0.5, 0.6) is 0 Å². The van der Waals surface area contributed by atoms with E-state index in [1.807, 2.05) is 0 Å². The highest BCUT2D eigenvalue weighted by molar-refractivity contribution is 5.79. The minimum absolute atomic E-state index is 0.185. The molecule has 0 spiro atoms. The molecule has 0 radical (unpaired) electrons. The Labute approximate surface area is 131 Å². The van der Waals surface area contributed by atoms with Crippen LogP contribution in [0.3, 0.4) is 0 Å². The maximum absolute atomic E-state index is 13.2. The van der Waals surface area contributed by atoms with E-state index in [1.54, 1.807) is 4.90 Å². The van der Waals surface area contributed by atoms with Gasteiger partial charge in [-0.1, -0.05) is 20.8 Å². The molecule has 4 rings (SSSR count). The molecular weight excluding hydrogens is 286 g/mol. The summed E-state index contributed by atoms with van der Waals surface area (Å²) in [6, 6.07) is -0.674. The minimum Gasteiger partial charge on any atom is -0.370 e. The number of aliphatic imine (C=N–C) groups is 1. The molecule has 1 aliphatic heterocycles. The summed E-state index contributed by atoms with van der Waals surface area (Å²) in [5, 5.41) is 3.01. The van der Waals surface area contributed by atoms with E-state index in [1.165, 1.54) is 6.42 Å². The minimum atomic E-state index is -2.40. The first-order valence-corrected chi connectivity index (χ1v) is 8.41. The zero-order chi connectivity index (χ0) is 16.1. The first-order valence-electron chi connectivity index (χ1n) is 8.41. The lowest BCUT2D eigenvalue weighted by atomic mass is 9.45.